The summed E-state index contributed by atoms with van der Waals surface area (Å²) in [5, 5.41) is 21.4. The normalized spacial score (nSPS) is 17.0. The first-order chi connectivity index (χ1) is 11.7. The quantitative estimate of drug-likeness (QED) is 0.857. The molecule has 118 valence electrons. The average Bonchev–Trinajstić information content (AvgIpc) is 2.97. The Morgan fingerprint density at radius 1 is 1.17 bits per heavy atom. The lowest BCUT2D eigenvalue weighted by Crippen LogP contribution is -2.81. The smallest absolute Gasteiger partial charge is 0.321 e. The lowest BCUT2D eigenvalue weighted by Gasteiger charge is -2.06. The van der Waals surface area contributed by atoms with Crippen LogP contribution in [0.3, 0.4) is 0 Å². The van der Waals surface area contributed by atoms with Gasteiger partial charge in [0.15, 0.2) is 6.07 Å². The van der Waals surface area contributed by atoms with E-state index in [0.717, 1.165) is 0 Å². The average molecular weight is 320 g/mol. The Kier molecular flexibility index (Phi) is 4.29. The molecule has 3 rings (SSSR count). The molecule has 2 aromatic carbocycles. The second-order valence-electron chi connectivity index (χ2n) is 4.96. The number of para-hydroxylation sites is 1. The number of nitrogens with one attached hydrogen (secondary N) is 1. The zero-order valence-electron chi connectivity index (χ0n) is 12.9. The van der Waals surface area contributed by atoms with E-state index in [-0.39, 0.29) is 11.6 Å². The zero-order valence-corrected chi connectivity index (χ0v) is 12.9. The number of azo groups is 1. The van der Waals surface area contributed by atoms with Crippen LogP contribution in [-0.4, -0.2) is 24.8 Å². The summed E-state index contributed by atoms with van der Waals surface area (Å²) in [5.41, 5.74) is 1.34. The summed E-state index contributed by atoms with van der Waals surface area (Å²) in [4.78, 5) is 12.5. The zero-order chi connectivity index (χ0) is 16.9. The summed E-state index contributed by atoms with van der Waals surface area (Å²) in [6.07, 6.45) is 0. The van der Waals surface area contributed by atoms with Crippen LogP contribution in [-0.2, 0) is 4.79 Å². The maximum atomic E-state index is 12.5. The van der Waals surface area contributed by atoms with E-state index in [1.165, 1.54) is 5.01 Å². The van der Waals surface area contributed by atoms with Gasteiger partial charge in [0.05, 0.1) is 12.8 Å². The number of hydrazone groups is 1. The highest BCUT2D eigenvalue weighted by molar-refractivity contribution is 6.19. The van der Waals surface area contributed by atoms with Gasteiger partial charge in [0.1, 0.15) is 11.4 Å². The fourth-order valence-electron chi connectivity index (χ4n) is 2.22. The van der Waals surface area contributed by atoms with Gasteiger partial charge in [0, 0.05) is 0 Å². The van der Waals surface area contributed by atoms with E-state index in [0.29, 0.717) is 17.1 Å². The molecule has 1 aliphatic heterocycles. The standard InChI is InChI=1S/C17H13N5O2/c1-24-14-9-7-12(8-10-14)19-20-16-15(11-18)21-22(17(16)23)13-5-3-2-4-6-13/h2-10,16H,1H3/p+1. The van der Waals surface area contributed by atoms with Crippen molar-refractivity contribution in [1.82, 2.24) is 0 Å². The second kappa shape index (κ2) is 6.71. The van der Waals surface area contributed by atoms with Crippen molar-refractivity contribution in [1.29, 1.82) is 5.26 Å². The number of carbonyl (C=O) groups excluding carboxylic acids is 1. The van der Waals surface area contributed by atoms with E-state index in [1.54, 1.807) is 43.5 Å². The van der Waals surface area contributed by atoms with Crippen molar-refractivity contribution in [2.75, 3.05) is 12.1 Å². The van der Waals surface area contributed by atoms with Gasteiger partial charge in [-0.2, -0.15) is 15.5 Å². The van der Waals surface area contributed by atoms with Gasteiger partial charge in [-0.25, -0.2) is 0 Å². The van der Waals surface area contributed by atoms with Crippen molar-refractivity contribution in [3.8, 4) is 11.8 Å². The molecule has 0 fully saturated rings. The van der Waals surface area contributed by atoms with Gasteiger partial charge in [0.25, 0.3) is 6.04 Å². The first-order valence-electron chi connectivity index (χ1n) is 7.20. The number of methoxy groups -OCH3 is 1. The van der Waals surface area contributed by atoms with Crippen LogP contribution in [0.15, 0.2) is 64.8 Å². The lowest BCUT2D eigenvalue weighted by molar-refractivity contribution is -0.454. The molecule has 0 saturated carbocycles. The van der Waals surface area contributed by atoms with Crippen LogP contribution in [0.4, 0.5) is 11.4 Å². The molecule has 1 N–H and O–H groups in total. The van der Waals surface area contributed by atoms with Crippen molar-refractivity contribution in [2.45, 2.75) is 6.04 Å². The number of hydrogen-bond acceptors (Lipinski definition) is 5. The Morgan fingerprint density at radius 3 is 2.50 bits per heavy atom. The van der Waals surface area contributed by atoms with E-state index in [2.05, 4.69) is 15.3 Å². The molecule has 7 heteroatoms. The van der Waals surface area contributed by atoms with Crippen LogP contribution in [0.5, 0.6) is 5.75 Å². The van der Waals surface area contributed by atoms with E-state index >= 15 is 0 Å². The number of nitriles is 1. The van der Waals surface area contributed by atoms with E-state index < -0.39 is 6.04 Å². The minimum Gasteiger partial charge on any atom is -0.497 e. The molecule has 0 aromatic heterocycles. The number of nitrogens with zero attached hydrogens (tertiary/aromatic N) is 4. The third kappa shape index (κ3) is 2.98. The Bertz CT molecular complexity index is 838. The van der Waals surface area contributed by atoms with Crippen LogP contribution in [0.2, 0.25) is 0 Å². The number of benzene rings is 2. The van der Waals surface area contributed by atoms with Crippen molar-refractivity contribution in [3.05, 3.63) is 54.6 Å². The lowest BCUT2D eigenvalue weighted by atomic mass is 10.2. The fraction of sp³-hybridized carbons (Fsp3) is 0.118. The molecule has 0 saturated heterocycles. The minimum atomic E-state index is -0.975. The Labute approximate surface area is 138 Å². The first kappa shape index (κ1) is 15.4. The van der Waals surface area contributed by atoms with E-state index in [4.69, 9.17) is 4.74 Å². The number of anilines is 1. The van der Waals surface area contributed by atoms with Crippen LogP contribution in [0.1, 0.15) is 0 Å². The predicted octanol–water partition coefficient (Wildman–Crippen LogP) is 1.15. The molecule has 1 unspecified atom stereocenters. The summed E-state index contributed by atoms with van der Waals surface area (Å²) >= 11 is 0. The second-order valence-corrected chi connectivity index (χ2v) is 4.96. The highest BCUT2D eigenvalue weighted by Crippen LogP contribution is 2.19. The molecule has 0 radical (unpaired) electrons. The number of carbonyl (C=O) groups is 1. The SMILES string of the molecule is COc1ccc(N=NC2C(=O)N(c3ccccc3)[NH+]=C2C#N)cc1. The molecule has 2 aromatic rings. The molecule has 1 amide bonds. The van der Waals surface area contributed by atoms with Crippen molar-refractivity contribution < 1.29 is 14.6 Å². The van der Waals surface area contributed by atoms with E-state index in [1.807, 2.05) is 24.3 Å². The van der Waals surface area contributed by atoms with Crippen molar-refractivity contribution in [3.63, 3.8) is 0 Å². The molecular formula is C17H14N5O2+. The molecule has 1 aliphatic rings. The Hall–Kier alpha value is -3.53. The number of hydrogen-bond donors (Lipinski definition) is 1. The highest BCUT2D eigenvalue weighted by Gasteiger charge is 2.44. The van der Waals surface area contributed by atoms with Crippen molar-refractivity contribution >= 4 is 23.0 Å². The Morgan fingerprint density at radius 2 is 1.88 bits per heavy atom. The summed E-state index contributed by atoms with van der Waals surface area (Å²) in [7, 11) is 1.58. The van der Waals surface area contributed by atoms with E-state index in [9.17, 15) is 10.1 Å². The van der Waals surface area contributed by atoms with Crippen LogP contribution in [0.25, 0.3) is 0 Å². The summed E-state index contributed by atoms with van der Waals surface area (Å²) < 4.78 is 5.07. The fourth-order valence-corrected chi connectivity index (χ4v) is 2.22. The molecule has 0 spiro atoms. The third-order valence-electron chi connectivity index (χ3n) is 3.46. The topological polar surface area (TPSA) is 92.0 Å². The van der Waals surface area contributed by atoms with Gasteiger partial charge >= 0.3 is 11.6 Å². The maximum absolute atomic E-state index is 12.5. The number of ether oxygens (including phenoxy) is 1. The molecule has 24 heavy (non-hydrogen) atoms. The van der Waals surface area contributed by atoms with Gasteiger partial charge in [-0.3, -0.25) is 4.79 Å². The third-order valence-corrected chi connectivity index (χ3v) is 3.46. The number of amides is 1. The minimum absolute atomic E-state index is 0.140. The molecule has 1 heterocycles. The van der Waals surface area contributed by atoms with Gasteiger partial charge in [0.2, 0.25) is 0 Å². The Balaban J connectivity index is 1.83. The van der Waals surface area contributed by atoms with Gasteiger partial charge in [-0.05, 0) is 36.4 Å². The summed E-state index contributed by atoms with van der Waals surface area (Å²) in [6, 6.07) is 16.9. The first-order valence-corrected chi connectivity index (χ1v) is 7.20. The van der Waals surface area contributed by atoms with Crippen molar-refractivity contribution in [2.24, 2.45) is 10.2 Å². The molecule has 0 aliphatic carbocycles. The number of hydrazine groups is 1. The highest BCUT2D eigenvalue weighted by atomic mass is 16.5. The van der Waals surface area contributed by atoms with Crippen LogP contribution < -0.4 is 14.8 Å². The molecule has 7 nitrogen and oxygen atoms in total. The number of rotatable bonds is 4. The molecular weight excluding hydrogens is 306 g/mol. The monoisotopic (exact) mass is 320 g/mol. The van der Waals surface area contributed by atoms with Gasteiger partial charge in [-0.15, -0.1) is 5.10 Å². The summed E-state index contributed by atoms with van der Waals surface area (Å²) in [6.45, 7) is 0. The largest absolute Gasteiger partial charge is 0.497 e. The van der Waals surface area contributed by atoms with Crippen LogP contribution in [0, 0.1) is 11.3 Å². The predicted molar refractivity (Wildman–Crippen MR) is 86.8 cm³/mol. The van der Waals surface area contributed by atoms with Gasteiger partial charge in [-0.1, -0.05) is 23.2 Å². The van der Waals surface area contributed by atoms with Gasteiger partial charge < -0.3 is 4.74 Å². The van der Waals surface area contributed by atoms with Crippen LogP contribution >= 0.6 is 0 Å². The molecule has 0 bridgehead atoms. The molecule has 1 atom stereocenters. The summed E-state index contributed by atoms with van der Waals surface area (Å²) in [5.74, 6) is 0.349. The maximum Gasteiger partial charge on any atom is 0.321 e.